The fourth-order valence-corrected chi connectivity index (χ4v) is 1.92. The summed E-state index contributed by atoms with van der Waals surface area (Å²) >= 11 is 0. The summed E-state index contributed by atoms with van der Waals surface area (Å²) in [6.45, 7) is 7.48. The molecule has 0 spiro atoms. The molecule has 1 unspecified atom stereocenters. The second kappa shape index (κ2) is 7.20. The van der Waals surface area contributed by atoms with Crippen LogP contribution >= 0.6 is 0 Å². The van der Waals surface area contributed by atoms with Crippen LogP contribution in [0.3, 0.4) is 0 Å². The van der Waals surface area contributed by atoms with E-state index >= 15 is 0 Å². The molecule has 0 saturated heterocycles. The normalized spacial score (nSPS) is 12.4. The smallest absolute Gasteiger partial charge is 0.328 e. The maximum atomic E-state index is 13.8. The van der Waals surface area contributed by atoms with Gasteiger partial charge < -0.3 is 10.1 Å². The summed E-state index contributed by atoms with van der Waals surface area (Å²) in [6.07, 6.45) is 0. The molecule has 0 aliphatic heterocycles. The zero-order valence-electron chi connectivity index (χ0n) is 13.1. The molecular formula is C16H22FNO3. The van der Waals surface area contributed by atoms with Gasteiger partial charge in [-0.1, -0.05) is 33.8 Å². The number of benzene rings is 1. The van der Waals surface area contributed by atoms with E-state index in [-0.39, 0.29) is 17.4 Å². The third kappa shape index (κ3) is 4.28. The summed E-state index contributed by atoms with van der Waals surface area (Å²) in [5, 5.41) is 2.54. The highest BCUT2D eigenvalue weighted by Crippen LogP contribution is 2.18. The molecule has 0 heterocycles. The number of carbonyl (C=O) groups is 2. The number of halogens is 1. The number of esters is 1. The predicted octanol–water partition coefficient (Wildman–Crippen LogP) is 2.88. The fraction of sp³-hybridized carbons (Fsp3) is 0.500. The standard InChI is InChI=1S/C16H22FNO3/c1-9(2)11-6-7-13(17)12(8-11)15(19)18-14(10(3)4)16(20)21-5/h6-10,14H,1-5H3,(H,18,19). The number of rotatable bonds is 5. The van der Waals surface area contributed by atoms with Gasteiger partial charge in [0.2, 0.25) is 0 Å². The number of methoxy groups -OCH3 is 1. The first-order chi connectivity index (χ1) is 9.77. The Morgan fingerprint density at radius 2 is 1.81 bits per heavy atom. The average Bonchev–Trinajstić information content (AvgIpc) is 2.43. The second-order valence-corrected chi connectivity index (χ2v) is 5.61. The SMILES string of the molecule is COC(=O)C(NC(=O)c1cc(C(C)C)ccc1F)C(C)C. The van der Waals surface area contributed by atoms with Crippen LogP contribution in [0.2, 0.25) is 0 Å². The minimum atomic E-state index is -0.801. The second-order valence-electron chi connectivity index (χ2n) is 5.61. The number of amides is 1. The van der Waals surface area contributed by atoms with Gasteiger partial charge in [-0.3, -0.25) is 4.79 Å². The maximum absolute atomic E-state index is 13.8. The lowest BCUT2D eigenvalue weighted by molar-refractivity contribution is -0.144. The van der Waals surface area contributed by atoms with Gasteiger partial charge in [-0.15, -0.1) is 0 Å². The van der Waals surface area contributed by atoms with E-state index in [0.29, 0.717) is 0 Å². The Morgan fingerprint density at radius 3 is 2.29 bits per heavy atom. The number of carbonyl (C=O) groups excluding carboxylic acids is 2. The van der Waals surface area contributed by atoms with E-state index in [2.05, 4.69) is 10.1 Å². The van der Waals surface area contributed by atoms with Gasteiger partial charge in [-0.05, 0) is 29.5 Å². The molecule has 5 heteroatoms. The van der Waals surface area contributed by atoms with E-state index < -0.39 is 23.7 Å². The van der Waals surface area contributed by atoms with Crippen LogP contribution in [0.1, 0.15) is 49.5 Å². The quantitative estimate of drug-likeness (QED) is 0.850. The van der Waals surface area contributed by atoms with Crippen molar-refractivity contribution in [2.75, 3.05) is 7.11 Å². The van der Waals surface area contributed by atoms with E-state index in [1.807, 2.05) is 13.8 Å². The van der Waals surface area contributed by atoms with Gasteiger partial charge in [-0.25, -0.2) is 9.18 Å². The monoisotopic (exact) mass is 295 g/mol. The topological polar surface area (TPSA) is 55.4 Å². The Labute approximate surface area is 124 Å². The molecule has 1 aromatic carbocycles. The summed E-state index contributed by atoms with van der Waals surface area (Å²) in [7, 11) is 1.25. The van der Waals surface area contributed by atoms with E-state index in [1.165, 1.54) is 19.2 Å². The predicted molar refractivity (Wildman–Crippen MR) is 78.6 cm³/mol. The summed E-state index contributed by atoms with van der Waals surface area (Å²) in [6, 6.07) is 3.64. The Hall–Kier alpha value is -1.91. The number of hydrogen-bond acceptors (Lipinski definition) is 3. The minimum absolute atomic E-state index is 0.0595. The van der Waals surface area contributed by atoms with E-state index in [0.717, 1.165) is 5.56 Å². The first kappa shape index (κ1) is 17.1. The van der Waals surface area contributed by atoms with Gasteiger partial charge in [0.15, 0.2) is 0 Å². The molecule has 1 rings (SSSR count). The van der Waals surface area contributed by atoms with Crippen molar-refractivity contribution in [3.05, 3.63) is 35.1 Å². The molecule has 1 amide bonds. The van der Waals surface area contributed by atoms with Crippen LogP contribution in [0.25, 0.3) is 0 Å². The third-order valence-corrected chi connectivity index (χ3v) is 3.31. The molecule has 0 bridgehead atoms. The molecule has 21 heavy (non-hydrogen) atoms. The molecular weight excluding hydrogens is 273 g/mol. The summed E-state index contributed by atoms with van der Waals surface area (Å²) in [5.74, 6) is -1.74. The van der Waals surface area contributed by atoms with Crippen molar-refractivity contribution in [3.8, 4) is 0 Å². The molecule has 0 aromatic heterocycles. The van der Waals surface area contributed by atoms with Crippen LogP contribution in [-0.4, -0.2) is 25.0 Å². The molecule has 0 radical (unpaired) electrons. The van der Waals surface area contributed by atoms with Crippen molar-refractivity contribution in [1.29, 1.82) is 0 Å². The highest BCUT2D eigenvalue weighted by atomic mass is 19.1. The van der Waals surface area contributed by atoms with Gasteiger partial charge in [0.1, 0.15) is 11.9 Å². The third-order valence-electron chi connectivity index (χ3n) is 3.31. The van der Waals surface area contributed by atoms with Gasteiger partial charge >= 0.3 is 5.97 Å². The molecule has 116 valence electrons. The van der Waals surface area contributed by atoms with Crippen LogP contribution in [0.4, 0.5) is 4.39 Å². The fourth-order valence-electron chi connectivity index (χ4n) is 1.92. The summed E-state index contributed by atoms with van der Waals surface area (Å²) in [5.41, 5.74) is 0.802. The van der Waals surface area contributed by atoms with Gasteiger partial charge in [-0.2, -0.15) is 0 Å². The lowest BCUT2D eigenvalue weighted by Gasteiger charge is -2.20. The minimum Gasteiger partial charge on any atom is -0.467 e. The van der Waals surface area contributed by atoms with E-state index in [4.69, 9.17) is 0 Å². The van der Waals surface area contributed by atoms with E-state index in [1.54, 1.807) is 19.9 Å². The molecule has 1 N–H and O–H groups in total. The zero-order chi connectivity index (χ0) is 16.2. The van der Waals surface area contributed by atoms with Gasteiger partial charge in [0, 0.05) is 0 Å². The first-order valence-electron chi connectivity index (χ1n) is 6.96. The Bertz CT molecular complexity index is 526. The largest absolute Gasteiger partial charge is 0.467 e. The Balaban J connectivity index is 3.02. The number of ether oxygens (including phenoxy) is 1. The van der Waals surface area contributed by atoms with Crippen molar-refractivity contribution >= 4 is 11.9 Å². The van der Waals surface area contributed by atoms with Gasteiger partial charge in [0.05, 0.1) is 12.7 Å². The molecule has 0 fully saturated rings. The first-order valence-corrected chi connectivity index (χ1v) is 6.96. The molecule has 0 aliphatic carbocycles. The highest BCUT2D eigenvalue weighted by molar-refractivity contribution is 5.97. The molecule has 0 aliphatic rings. The Kier molecular flexibility index (Phi) is 5.88. The van der Waals surface area contributed by atoms with Crippen molar-refractivity contribution < 1.29 is 18.7 Å². The highest BCUT2D eigenvalue weighted by Gasteiger charge is 2.26. The van der Waals surface area contributed by atoms with Crippen LogP contribution in [0.15, 0.2) is 18.2 Å². The van der Waals surface area contributed by atoms with Crippen LogP contribution < -0.4 is 5.32 Å². The van der Waals surface area contributed by atoms with Crippen LogP contribution in [0, 0.1) is 11.7 Å². The van der Waals surface area contributed by atoms with Crippen molar-refractivity contribution in [3.63, 3.8) is 0 Å². The van der Waals surface area contributed by atoms with Crippen LogP contribution in [0.5, 0.6) is 0 Å². The lowest BCUT2D eigenvalue weighted by atomic mass is 9.99. The molecule has 0 saturated carbocycles. The molecule has 4 nitrogen and oxygen atoms in total. The zero-order valence-corrected chi connectivity index (χ0v) is 13.1. The van der Waals surface area contributed by atoms with Crippen molar-refractivity contribution in [1.82, 2.24) is 5.32 Å². The lowest BCUT2D eigenvalue weighted by Crippen LogP contribution is -2.45. The van der Waals surface area contributed by atoms with Crippen LogP contribution in [-0.2, 0) is 9.53 Å². The van der Waals surface area contributed by atoms with Crippen molar-refractivity contribution in [2.24, 2.45) is 5.92 Å². The summed E-state index contributed by atoms with van der Waals surface area (Å²) < 4.78 is 18.5. The van der Waals surface area contributed by atoms with Crippen molar-refractivity contribution in [2.45, 2.75) is 39.7 Å². The summed E-state index contributed by atoms with van der Waals surface area (Å²) in [4.78, 5) is 23.9. The number of nitrogens with one attached hydrogen (secondary N) is 1. The average molecular weight is 295 g/mol. The van der Waals surface area contributed by atoms with Gasteiger partial charge in [0.25, 0.3) is 5.91 Å². The number of hydrogen-bond donors (Lipinski definition) is 1. The molecule has 1 aromatic rings. The molecule has 1 atom stereocenters. The maximum Gasteiger partial charge on any atom is 0.328 e. The Morgan fingerprint density at radius 1 is 1.19 bits per heavy atom. The van der Waals surface area contributed by atoms with E-state index in [9.17, 15) is 14.0 Å².